The second-order valence-electron chi connectivity index (χ2n) is 3.95. The first-order chi connectivity index (χ1) is 9.15. The van der Waals surface area contributed by atoms with E-state index in [4.69, 9.17) is 18.6 Å². The fourth-order valence-electron chi connectivity index (χ4n) is 1.26. The van der Waals surface area contributed by atoms with Gasteiger partial charge in [-0.3, -0.25) is 0 Å². The molecule has 1 rings (SSSR count). The van der Waals surface area contributed by atoms with Crippen molar-refractivity contribution >= 4 is 5.69 Å². The summed E-state index contributed by atoms with van der Waals surface area (Å²) in [6, 6.07) is 7.82. The topological polar surface area (TPSA) is 113 Å². The van der Waals surface area contributed by atoms with Crippen molar-refractivity contribution in [2.45, 2.75) is 6.10 Å². The largest absolute Gasteiger partial charge is 0.384 e. The van der Waals surface area contributed by atoms with Gasteiger partial charge in [-0.2, -0.15) is 14.0 Å². The molecule has 0 radical (unpaired) electrons. The Morgan fingerprint density at radius 2 is 1.65 bits per heavy atom. The molecule has 0 aromatic heterocycles. The summed E-state index contributed by atoms with van der Waals surface area (Å²) in [4.78, 5) is 2.02. The molecule has 0 aliphatic rings. The van der Waals surface area contributed by atoms with Gasteiger partial charge in [-0.05, 0) is 17.7 Å². The number of rotatable bonds is 4. The van der Waals surface area contributed by atoms with Crippen LogP contribution in [0.4, 0.5) is 5.69 Å². The van der Waals surface area contributed by atoms with E-state index in [2.05, 4.69) is 6.58 Å². The average molecular weight is 304 g/mol. The molecule has 0 aliphatic carbocycles. The minimum atomic E-state index is -4.69. The van der Waals surface area contributed by atoms with Crippen LogP contribution < -0.4 is 18.9 Å². The monoisotopic (exact) mass is 303 g/mol. The maximum atomic E-state index is 9.73. The highest BCUT2D eigenvalue weighted by Gasteiger charge is 2.02. The van der Waals surface area contributed by atoms with Gasteiger partial charge in [-0.1, -0.05) is 36.9 Å². The summed E-state index contributed by atoms with van der Waals surface area (Å²) < 4.78 is 32.7. The fraction of sp³-hybridized carbons (Fsp3) is 0.231. The van der Waals surface area contributed by atoms with Crippen LogP contribution >= 0.6 is 0 Å². The van der Waals surface area contributed by atoms with Gasteiger partial charge in [-0.25, -0.2) is 0 Å². The van der Waals surface area contributed by atoms with Crippen molar-refractivity contribution in [2.24, 2.45) is 0 Å². The summed E-state index contributed by atoms with van der Waals surface area (Å²) in [6.07, 6.45) is 4.54. The molecule has 1 aromatic rings. The molecular weight excluding hydrogens is 286 g/mol. The Morgan fingerprint density at radius 3 is 2.00 bits per heavy atom. The molecular formula is C13H18ClNO5. The summed E-state index contributed by atoms with van der Waals surface area (Å²) in [5, 5.41) is 9.73. The third-order valence-corrected chi connectivity index (χ3v) is 2.18. The molecule has 0 saturated carbocycles. The number of nitrogens with zero attached hydrogens (tertiary/aromatic N) is 1. The van der Waals surface area contributed by atoms with Crippen LogP contribution in [0, 0.1) is 10.2 Å². The zero-order chi connectivity index (χ0) is 15.8. The molecule has 6 nitrogen and oxygen atoms in total. The number of hydrogen-bond donors (Lipinski definition) is 2. The third kappa shape index (κ3) is 9.51. The van der Waals surface area contributed by atoms with Crippen LogP contribution in [0.2, 0.25) is 0 Å². The van der Waals surface area contributed by atoms with Gasteiger partial charge >= 0.3 is 0 Å². The highest BCUT2D eigenvalue weighted by atomic mass is 35.7. The Bertz CT molecular complexity index is 419. The predicted molar refractivity (Wildman–Crippen MR) is 67.3 cm³/mol. The van der Waals surface area contributed by atoms with Crippen LogP contribution in [-0.4, -0.2) is 23.9 Å². The van der Waals surface area contributed by atoms with Gasteiger partial charge in [0, 0.05) is 19.8 Å². The number of benzene rings is 1. The predicted octanol–water partition coefficient (Wildman–Crippen LogP) is -1.60. The summed E-state index contributed by atoms with van der Waals surface area (Å²) in [7, 11) is -0.716. The van der Waals surface area contributed by atoms with E-state index < -0.39 is 16.3 Å². The Hall–Kier alpha value is -1.41. The number of aliphatic hydroxyl groups is 1. The van der Waals surface area contributed by atoms with Gasteiger partial charge in [0.1, 0.15) is 0 Å². The van der Waals surface area contributed by atoms with Gasteiger partial charge in [0.15, 0.2) is 0 Å². The highest BCUT2D eigenvalue weighted by Crippen LogP contribution is 2.18. The first-order valence-corrected chi connectivity index (χ1v) is 6.79. The van der Waals surface area contributed by atoms with Crippen LogP contribution in [-0.2, 0) is 0 Å². The standard InChI is InChI=1S/C13H17NO.ClHO4/c1-4-5-6-13(15)11-7-9-12(10-8-11)14(2)3;2-1(3,4)5/h4-10,13,15H,1H2,2-3H3;(H,2,3,4,5). The number of anilines is 1. The average Bonchev–Trinajstić information content (AvgIpc) is 2.34. The number of aliphatic hydroxyl groups excluding tert-OH is 1. The number of hydrogen-bond acceptors (Lipinski definition) is 6. The van der Waals surface area contributed by atoms with Crippen molar-refractivity contribution in [1.82, 2.24) is 0 Å². The lowest BCUT2D eigenvalue weighted by Gasteiger charge is -2.13. The molecule has 0 saturated heterocycles. The molecule has 0 amide bonds. The van der Waals surface area contributed by atoms with Gasteiger partial charge in [-0.15, -0.1) is 0 Å². The molecule has 2 N–H and O–H groups in total. The highest BCUT2D eigenvalue weighted by molar-refractivity contribution is 5.46. The zero-order valence-electron chi connectivity index (χ0n) is 11.3. The normalized spacial score (nSPS) is 12.6. The Morgan fingerprint density at radius 1 is 1.20 bits per heavy atom. The second-order valence-corrected chi connectivity index (χ2v) is 4.74. The van der Waals surface area contributed by atoms with E-state index in [0.717, 1.165) is 11.3 Å². The first kappa shape index (κ1) is 18.6. The van der Waals surface area contributed by atoms with Gasteiger partial charge in [0.2, 0.25) is 0 Å². The van der Waals surface area contributed by atoms with Crippen molar-refractivity contribution in [1.29, 1.82) is 0 Å². The van der Waals surface area contributed by atoms with E-state index >= 15 is 0 Å². The maximum Gasteiger partial charge on any atom is 0.0974 e. The van der Waals surface area contributed by atoms with Crippen LogP contribution in [0.1, 0.15) is 11.7 Å². The molecule has 0 heterocycles. The van der Waals surface area contributed by atoms with Crippen LogP contribution in [0.5, 0.6) is 0 Å². The van der Waals surface area contributed by atoms with E-state index in [1.165, 1.54) is 0 Å². The lowest BCUT2D eigenvalue weighted by atomic mass is 10.1. The van der Waals surface area contributed by atoms with E-state index in [-0.39, 0.29) is 0 Å². The molecule has 7 heteroatoms. The quantitative estimate of drug-likeness (QED) is 0.648. The molecule has 0 fully saturated rings. The Balaban J connectivity index is 0.000000621. The smallest absolute Gasteiger partial charge is 0.0974 e. The minimum Gasteiger partial charge on any atom is -0.384 e. The maximum absolute atomic E-state index is 9.73. The summed E-state index contributed by atoms with van der Waals surface area (Å²) in [5.41, 5.74) is 2.01. The second kappa shape index (κ2) is 8.70. The van der Waals surface area contributed by atoms with Gasteiger partial charge in [0.25, 0.3) is 0 Å². The number of allylic oxidation sites excluding steroid dienone is 2. The molecule has 1 aromatic carbocycles. The SMILES string of the molecule is C=CC=CC(O)c1ccc(N(C)C)cc1.[O-][Cl+3]([O-])([O-])O. The molecule has 0 bridgehead atoms. The lowest BCUT2D eigenvalue weighted by Crippen LogP contribution is -2.58. The summed E-state index contributed by atoms with van der Waals surface area (Å²) >= 11 is 0. The molecule has 0 spiro atoms. The summed E-state index contributed by atoms with van der Waals surface area (Å²) in [6.45, 7) is 3.56. The van der Waals surface area contributed by atoms with Crippen LogP contribution in [0.25, 0.3) is 0 Å². The van der Waals surface area contributed by atoms with Crippen molar-refractivity contribution in [3.05, 3.63) is 54.6 Å². The van der Waals surface area contributed by atoms with E-state index in [1.807, 2.05) is 43.3 Å². The van der Waals surface area contributed by atoms with E-state index in [0.29, 0.717) is 0 Å². The van der Waals surface area contributed by atoms with Crippen molar-refractivity contribution in [3.8, 4) is 0 Å². The Kier molecular flexibility index (Phi) is 8.09. The third-order valence-electron chi connectivity index (χ3n) is 2.18. The van der Waals surface area contributed by atoms with Gasteiger partial charge < -0.3 is 10.0 Å². The van der Waals surface area contributed by atoms with E-state index in [1.54, 1.807) is 18.2 Å². The van der Waals surface area contributed by atoms with Gasteiger partial charge in [0.05, 0.1) is 21.0 Å². The van der Waals surface area contributed by atoms with Crippen molar-refractivity contribution in [2.75, 3.05) is 19.0 Å². The molecule has 0 aliphatic heterocycles. The van der Waals surface area contributed by atoms with Crippen LogP contribution in [0.15, 0.2) is 49.1 Å². The lowest BCUT2D eigenvalue weighted by molar-refractivity contribution is -1.92. The Labute approximate surface area is 120 Å². The number of halogens is 1. The molecule has 20 heavy (non-hydrogen) atoms. The van der Waals surface area contributed by atoms with Crippen molar-refractivity contribution < 1.29 is 34.0 Å². The first-order valence-electron chi connectivity index (χ1n) is 5.53. The molecule has 112 valence electrons. The van der Waals surface area contributed by atoms with E-state index in [9.17, 15) is 5.11 Å². The minimum absolute atomic E-state index is 0.556. The molecule has 1 unspecified atom stereocenters. The van der Waals surface area contributed by atoms with Crippen molar-refractivity contribution in [3.63, 3.8) is 0 Å². The molecule has 1 atom stereocenters. The fourth-order valence-corrected chi connectivity index (χ4v) is 1.26. The zero-order valence-corrected chi connectivity index (χ0v) is 12.0. The van der Waals surface area contributed by atoms with Crippen LogP contribution in [0.3, 0.4) is 0 Å². The summed E-state index contributed by atoms with van der Waals surface area (Å²) in [5.74, 6) is 0.